The van der Waals surface area contributed by atoms with Gasteiger partial charge in [-0.25, -0.2) is 5.43 Å². The van der Waals surface area contributed by atoms with E-state index in [0.717, 1.165) is 11.1 Å². The SMILES string of the molecule is CN=C(N)NN=C(/C=C/c1ccc(Cl)cc1)/C=C/c1ccc(Cl)cc1.I. The normalized spacial score (nSPS) is 11.4. The van der Waals surface area contributed by atoms with Gasteiger partial charge < -0.3 is 5.73 Å². The molecule has 7 heteroatoms. The van der Waals surface area contributed by atoms with Crippen LogP contribution in [-0.4, -0.2) is 18.7 Å². The first-order valence-corrected chi connectivity index (χ1v) is 8.25. The average Bonchev–Trinajstić information content (AvgIpc) is 2.63. The summed E-state index contributed by atoms with van der Waals surface area (Å²) in [7, 11) is 1.59. The van der Waals surface area contributed by atoms with E-state index in [-0.39, 0.29) is 29.9 Å². The van der Waals surface area contributed by atoms with Crippen molar-refractivity contribution >= 4 is 71.0 Å². The van der Waals surface area contributed by atoms with Gasteiger partial charge in [-0.2, -0.15) is 5.10 Å². The van der Waals surface area contributed by atoms with Crippen LogP contribution in [0, 0.1) is 0 Å². The van der Waals surface area contributed by atoms with E-state index in [0.29, 0.717) is 15.8 Å². The van der Waals surface area contributed by atoms with Crippen LogP contribution in [0.15, 0.2) is 70.8 Å². The zero-order valence-corrected chi connectivity index (χ0v) is 17.9. The van der Waals surface area contributed by atoms with Crippen molar-refractivity contribution in [3.8, 4) is 0 Å². The highest BCUT2D eigenvalue weighted by Crippen LogP contribution is 2.12. The number of guanidine groups is 1. The topological polar surface area (TPSA) is 62.8 Å². The Morgan fingerprint density at radius 2 is 1.31 bits per heavy atom. The van der Waals surface area contributed by atoms with Gasteiger partial charge in [0.15, 0.2) is 0 Å². The lowest BCUT2D eigenvalue weighted by Crippen LogP contribution is -2.27. The number of nitrogens with two attached hydrogens (primary N) is 1. The predicted molar refractivity (Wildman–Crippen MR) is 125 cm³/mol. The smallest absolute Gasteiger partial charge is 0.209 e. The maximum atomic E-state index is 5.90. The molecule has 0 heterocycles. The summed E-state index contributed by atoms with van der Waals surface area (Å²) in [5.74, 6) is 0.234. The lowest BCUT2D eigenvalue weighted by Gasteiger charge is -2.00. The van der Waals surface area contributed by atoms with Crippen molar-refractivity contribution in [2.75, 3.05) is 7.05 Å². The highest BCUT2D eigenvalue weighted by Gasteiger charge is 1.94. The third-order valence-electron chi connectivity index (χ3n) is 3.17. The third-order valence-corrected chi connectivity index (χ3v) is 3.68. The quantitative estimate of drug-likeness (QED) is 0.255. The van der Waals surface area contributed by atoms with Gasteiger partial charge in [0, 0.05) is 17.1 Å². The Morgan fingerprint density at radius 3 is 1.69 bits per heavy atom. The summed E-state index contributed by atoms with van der Waals surface area (Å²) in [5.41, 5.74) is 11.0. The fraction of sp³-hybridized carbons (Fsp3) is 0.0526. The van der Waals surface area contributed by atoms with Crippen LogP contribution in [0.5, 0.6) is 0 Å². The van der Waals surface area contributed by atoms with E-state index in [1.807, 2.05) is 72.8 Å². The molecule has 0 aromatic heterocycles. The Kier molecular flexibility index (Phi) is 10.0. The number of hydrazone groups is 1. The van der Waals surface area contributed by atoms with E-state index >= 15 is 0 Å². The molecule has 0 radical (unpaired) electrons. The molecular formula is C19H19Cl2IN4. The van der Waals surface area contributed by atoms with Crippen molar-refractivity contribution in [1.29, 1.82) is 0 Å². The second-order valence-electron chi connectivity index (χ2n) is 5.03. The van der Waals surface area contributed by atoms with Crippen molar-refractivity contribution < 1.29 is 0 Å². The van der Waals surface area contributed by atoms with Crippen molar-refractivity contribution in [2.24, 2.45) is 15.8 Å². The van der Waals surface area contributed by atoms with Gasteiger partial charge in [0.05, 0.1) is 5.71 Å². The molecule has 3 N–H and O–H groups in total. The van der Waals surface area contributed by atoms with Gasteiger partial charge in [0.2, 0.25) is 5.96 Å². The molecular weight excluding hydrogens is 482 g/mol. The third kappa shape index (κ3) is 8.03. The molecule has 0 unspecified atom stereocenters. The van der Waals surface area contributed by atoms with Crippen LogP contribution in [0.3, 0.4) is 0 Å². The molecule has 0 aliphatic carbocycles. The lowest BCUT2D eigenvalue weighted by molar-refractivity contribution is 1.00. The standard InChI is InChI=1S/C19H18Cl2N4.HI/c1-23-19(22)25-24-18(12-6-14-2-8-16(20)9-3-14)13-7-15-4-10-17(21)11-5-15;/h2-13H,1H3,(H3,22,23,25);1H/b12-6+,13-7+;. The van der Waals surface area contributed by atoms with E-state index in [1.165, 1.54) is 0 Å². The van der Waals surface area contributed by atoms with Gasteiger partial charge in [-0.15, -0.1) is 24.0 Å². The average molecular weight is 501 g/mol. The molecule has 2 aromatic rings. The van der Waals surface area contributed by atoms with Crippen LogP contribution in [0.2, 0.25) is 10.0 Å². The number of aliphatic imine (C=N–C) groups is 1. The molecule has 4 nitrogen and oxygen atoms in total. The fourth-order valence-corrected chi connectivity index (χ4v) is 2.06. The molecule has 0 aliphatic heterocycles. The Labute approximate surface area is 180 Å². The van der Waals surface area contributed by atoms with Gasteiger partial charge in [0.25, 0.3) is 0 Å². The Hall–Kier alpha value is -1.83. The zero-order valence-electron chi connectivity index (χ0n) is 14.1. The van der Waals surface area contributed by atoms with E-state index in [4.69, 9.17) is 28.9 Å². The van der Waals surface area contributed by atoms with Crippen molar-refractivity contribution in [3.63, 3.8) is 0 Å². The molecule has 2 aromatic carbocycles. The van der Waals surface area contributed by atoms with Crippen LogP contribution in [0.25, 0.3) is 12.2 Å². The largest absolute Gasteiger partial charge is 0.369 e. The minimum Gasteiger partial charge on any atom is -0.369 e. The van der Waals surface area contributed by atoms with Crippen LogP contribution < -0.4 is 11.2 Å². The Balaban J connectivity index is 0.00000338. The van der Waals surface area contributed by atoms with Gasteiger partial charge >= 0.3 is 0 Å². The number of benzene rings is 2. The van der Waals surface area contributed by atoms with Crippen molar-refractivity contribution in [1.82, 2.24) is 5.43 Å². The first kappa shape index (κ1) is 22.2. The van der Waals surface area contributed by atoms with Gasteiger partial charge in [-0.1, -0.05) is 59.6 Å². The minimum absolute atomic E-state index is 0. The summed E-state index contributed by atoms with van der Waals surface area (Å²) in [6, 6.07) is 15.0. The van der Waals surface area contributed by atoms with Gasteiger partial charge in [-0.05, 0) is 47.5 Å². The molecule has 0 bridgehead atoms. The fourth-order valence-electron chi connectivity index (χ4n) is 1.81. The monoisotopic (exact) mass is 500 g/mol. The Bertz CT molecular complexity index is 753. The number of halogens is 3. The van der Waals surface area contributed by atoms with E-state index < -0.39 is 0 Å². The molecule has 0 aliphatic rings. The van der Waals surface area contributed by atoms with Gasteiger partial charge in [-0.3, -0.25) is 4.99 Å². The molecule has 136 valence electrons. The maximum Gasteiger partial charge on any atom is 0.209 e. The molecule has 0 spiro atoms. The maximum absolute atomic E-state index is 5.90. The number of hydrogen-bond donors (Lipinski definition) is 2. The van der Waals surface area contributed by atoms with E-state index in [1.54, 1.807) is 7.05 Å². The van der Waals surface area contributed by atoms with Crippen LogP contribution in [0.4, 0.5) is 0 Å². The van der Waals surface area contributed by atoms with E-state index in [2.05, 4.69) is 15.5 Å². The zero-order chi connectivity index (χ0) is 18.1. The molecule has 0 saturated heterocycles. The van der Waals surface area contributed by atoms with E-state index in [9.17, 15) is 0 Å². The van der Waals surface area contributed by atoms with Crippen molar-refractivity contribution in [2.45, 2.75) is 0 Å². The number of nitrogens with one attached hydrogen (secondary N) is 1. The highest BCUT2D eigenvalue weighted by molar-refractivity contribution is 14.0. The van der Waals surface area contributed by atoms with Crippen LogP contribution in [-0.2, 0) is 0 Å². The van der Waals surface area contributed by atoms with Crippen LogP contribution >= 0.6 is 47.2 Å². The molecule has 2 rings (SSSR count). The number of nitrogens with zero attached hydrogens (tertiary/aromatic N) is 2. The summed E-state index contributed by atoms with van der Waals surface area (Å²) in [6.07, 6.45) is 7.60. The van der Waals surface area contributed by atoms with Gasteiger partial charge in [0.1, 0.15) is 0 Å². The first-order valence-electron chi connectivity index (χ1n) is 7.50. The highest BCUT2D eigenvalue weighted by atomic mass is 127. The summed E-state index contributed by atoms with van der Waals surface area (Å²) >= 11 is 11.8. The second-order valence-corrected chi connectivity index (χ2v) is 5.90. The Morgan fingerprint density at radius 1 is 0.885 bits per heavy atom. The number of allylic oxidation sites excluding steroid dienone is 2. The summed E-state index contributed by atoms with van der Waals surface area (Å²) in [5, 5.41) is 5.64. The molecule has 0 atom stereocenters. The molecule has 0 saturated carbocycles. The summed E-state index contributed by atoms with van der Waals surface area (Å²) in [6.45, 7) is 0. The molecule has 26 heavy (non-hydrogen) atoms. The molecule has 0 fully saturated rings. The number of hydrogen-bond acceptors (Lipinski definition) is 2. The summed E-state index contributed by atoms with van der Waals surface area (Å²) < 4.78 is 0. The second kappa shape index (κ2) is 11.7. The lowest BCUT2D eigenvalue weighted by atomic mass is 10.1. The minimum atomic E-state index is 0. The van der Waals surface area contributed by atoms with Crippen molar-refractivity contribution in [3.05, 3.63) is 81.9 Å². The number of rotatable bonds is 5. The first-order chi connectivity index (χ1) is 12.1. The predicted octanol–water partition coefficient (Wildman–Crippen LogP) is 5.23. The van der Waals surface area contributed by atoms with Crippen LogP contribution in [0.1, 0.15) is 11.1 Å². The summed E-state index contributed by atoms with van der Waals surface area (Å²) in [4.78, 5) is 3.82. The molecule has 0 amide bonds.